The zero-order valence-corrected chi connectivity index (χ0v) is 20.3. The molecule has 0 saturated heterocycles. The molecule has 1 aromatic heterocycles. The van der Waals surface area contributed by atoms with E-state index in [1.165, 1.54) is 19.1 Å². The maximum absolute atomic E-state index is 13.2. The van der Waals surface area contributed by atoms with Crippen molar-refractivity contribution in [3.8, 4) is 0 Å². The minimum Gasteiger partial charge on any atom is -0.479 e. The fourth-order valence-corrected chi connectivity index (χ4v) is 4.22. The normalized spacial score (nSPS) is 14.5. The second-order valence-electron chi connectivity index (χ2n) is 8.99. The molecule has 4 rings (SSSR count). The molecule has 0 aliphatic heterocycles. The number of carbonyl (C=O) groups excluding carboxylic acids is 1. The molecule has 194 valence electrons. The largest absolute Gasteiger partial charge is 0.479 e. The number of carboxylic acids is 1. The van der Waals surface area contributed by atoms with E-state index in [1.54, 1.807) is 0 Å². The van der Waals surface area contributed by atoms with Crippen molar-refractivity contribution in [2.45, 2.75) is 58.0 Å². The zero-order chi connectivity index (χ0) is 26.6. The van der Waals surface area contributed by atoms with E-state index in [0.29, 0.717) is 6.54 Å². The Kier molecular flexibility index (Phi) is 7.92. The molecule has 2 aromatic carbocycles. The molecule has 6 nitrogen and oxygen atoms in total. The second-order valence-corrected chi connectivity index (χ2v) is 8.99. The third-order valence-corrected chi connectivity index (χ3v) is 6.34. The number of aromatic nitrogens is 2. The maximum atomic E-state index is 13.2. The van der Waals surface area contributed by atoms with Crippen LogP contribution < -0.4 is 0 Å². The predicted octanol–water partition coefficient (Wildman–Crippen LogP) is 5.71. The monoisotopic (exact) mass is 512 g/mol. The summed E-state index contributed by atoms with van der Waals surface area (Å²) >= 11 is 0. The number of alkyl halides is 3. The number of nitrogens with zero attached hydrogens (tertiary/aromatic N) is 2. The molecule has 1 aliphatic carbocycles. The van der Waals surface area contributed by atoms with Gasteiger partial charge in [0, 0.05) is 17.8 Å². The molecular formula is C28H27F3N2O4. The Hall–Kier alpha value is -3.72. The van der Waals surface area contributed by atoms with E-state index in [1.807, 2.05) is 41.0 Å². The number of aryl methyl sites for hydroxylation is 1. The van der Waals surface area contributed by atoms with Crippen molar-refractivity contribution in [2.75, 3.05) is 0 Å². The first-order chi connectivity index (χ1) is 17.6. The van der Waals surface area contributed by atoms with Crippen LogP contribution in [0.4, 0.5) is 13.2 Å². The molecule has 1 aliphatic rings. The van der Waals surface area contributed by atoms with Gasteiger partial charge in [0.1, 0.15) is 0 Å². The van der Waals surface area contributed by atoms with Crippen molar-refractivity contribution in [2.24, 2.45) is 0 Å². The molecule has 0 fully saturated rings. The molecule has 0 spiro atoms. The molecule has 1 N–H and O–H groups in total. The van der Waals surface area contributed by atoms with Crippen molar-refractivity contribution in [1.29, 1.82) is 0 Å². The zero-order valence-electron chi connectivity index (χ0n) is 20.3. The van der Waals surface area contributed by atoms with Crippen LogP contribution in [0.15, 0.2) is 54.6 Å². The number of ketones is 1. The van der Waals surface area contributed by atoms with Gasteiger partial charge in [-0.3, -0.25) is 4.79 Å². The van der Waals surface area contributed by atoms with E-state index >= 15 is 0 Å². The molecule has 0 bridgehead atoms. The standard InChI is InChI=1S/C28H27F3N2O4/c1-18(27(35)36)37-17-20-10-8-19(9-11-20)5-4-16-33-24-7-3-2-6-23(24)32-26(33)25(34)21-12-14-22(15-13-21)28(29,30)31/h4-5,8-15,18H,2-3,6-7,16-17H2,1H3,(H,35,36)/b5-4+/t18-/m1/s1. The van der Waals surface area contributed by atoms with Crippen molar-refractivity contribution in [3.63, 3.8) is 0 Å². The molecule has 1 atom stereocenters. The average molecular weight is 513 g/mol. The molecule has 0 radical (unpaired) electrons. The summed E-state index contributed by atoms with van der Waals surface area (Å²) in [6.07, 6.45) is 2.00. The van der Waals surface area contributed by atoms with Gasteiger partial charge in [-0.05, 0) is 55.9 Å². The fraction of sp³-hybridized carbons (Fsp3) is 0.321. The number of rotatable bonds is 9. The lowest BCUT2D eigenvalue weighted by Crippen LogP contribution is -2.19. The molecule has 0 saturated carbocycles. The van der Waals surface area contributed by atoms with Crippen LogP contribution in [0.5, 0.6) is 0 Å². The smallest absolute Gasteiger partial charge is 0.416 e. The lowest BCUT2D eigenvalue weighted by Gasteiger charge is -2.14. The highest BCUT2D eigenvalue weighted by atomic mass is 19.4. The number of ether oxygens (including phenoxy) is 1. The van der Waals surface area contributed by atoms with E-state index in [0.717, 1.165) is 60.3 Å². The Morgan fingerprint density at radius 3 is 2.41 bits per heavy atom. The molecule has 0 unspecified atom stereocenters. The number of halogens is 3. The van der Waals surface area contributed by atoms with Crippen molar-refractivity contribution >= 4 is 17.8 Å². The molecule has 37 heavy (non-hydrogen) atoms. The van der Waals surface area contributed by atoms with Crippen LogP contribution >= 0.6 is 0 Å². The van der Waals surface area contributed by atoms with Gasteiger partial charge in [0.05, 0.1) is 17.9 Å². The number of aliphatic carboxylic acids is 1. The Morgan fingerprint density at radius 1 is 1.08 bits per heavy atom. The molecule has 1 heterocycles. The van der Waals surface area contributed by atoms with Gasteiger partial charge in [0.2, 0.25) is 5.78 Å². The minimum atomic E-state index is -4.47. The Labute approximate surface area is 212 Å². The molecule has 3 aromatic rings. The number of hydrogen-bond donors (Lipinski definition) is 1. The van der Waals surface area contributed by atoms with Crippen LogP contribution in [0, 0.1) is 0 Å². The molecular weight excluding hydrogens is 485 g/mol. The highest BCUT2D eigenvalue weighted by Crippen LogP contribution is 2.30. The third kappa shape index (κ3) is 6.35. The second kappa shape index (κ2) is 11.1. The number of allylic oxidation sites excluding steroid dienone is 1. The van der Waals surface area contributed by atoms with E-state index in [4.69, 9.17) is 9.84 Å². The van der Waals surface area contributed by atoms with E-state index in [9.17, 15) is 22.8 Å². The van der Waals surface area contributed by atoms with Crippen molar-refractivity contribution in [1.82, 2.24) is 9.55 Å². The fourth-order valence-electron chi connectivity index (χ4n) is 4.22. The summed E-state index contributed by atoms with van der Waals surface area (Å²) in [4.78, 5) is 28.7. The van der Waals surface area contributed by atoms with Crippen LogP contribution in [-0.4, -0.2) is 32.5 Å². The van der Waals surface area contributed by atoms with Gasteiger partial charge in [-0.2, -0.15) is 13.2 Å². The van der Waals surface area contributed by atoms with Crippen LogP contribution in [0.2, 0.25) is 0 Å². The summed E-state index contributed by atoms with van der Waals surface area (Å²) in [6.45, 7) is 2.06. The number of benzene rings is 2. The summed E-state index contributed by atoms with van der Waals surface area (Å²) in [5.41, 5.74) is 2.98. The first-order valence-corrected chi connectivity index (χ1v) is 12.0. The van der Waals surface area contributed by atoms with E-state index < -0.39 is 29.6 Å². The first kappa shape index (κ1) is 26.3. The SMILES string of the molecule is C[C@@H](OCc1ccc(/C=C/Cn2c(C(=O)c3ccc(C(F)(F)F)cc3)nc3c2CCCC3)cc1)C(=O)O. The van der Waals surface area contributed by atoms with Crippen LogP contribution in [-0.2, 0) is 41.7 Å². The highest BCUT2D eigenvalue weighted by Gasteiger charge is 2.31. The van der Waals surface area contributed by atoms with Gasteiger partial charge in [-0.25, -0.2) is 9.78 Å². The van der Waals surface area contributed by atoms with Gasteiger partial charge in [-0.15, -0.1) is 0 Å². The van der Waals surface area contributed by atoms with Gasteiger partial charge in [-0.1, -0.05) is 48.6 Å². The lowest BCUT2D eigenvalue weighted by atomic mass is 10.0. The van der Waals surface area contributed by atoms with Gasteiger partial charge in [0.25, 0.3) is 0 Å². The maximum Gasteiger partial charge on any atom is 0.416 e. The van der Waals surface area contributed by atoms with E-state index in [2.05, 4.69) is 4.98 Å². The Balaban J connectivity index is 1.50. The van der Waals surface area contributed by atoms with Gasteiger partial charge >= 0.3 is 12.1 Å². The molecule has 0 amide bonds. The summed E-state index contributed by atoms with van der Waals surface area (Å²) in [5.74, 6) is -1.19. The number of fused-ring (bicyclic) bond motifs is 1. The number of carbonyl (C=O) groups is 2. The number of imidazole rings is 1. The number of carboxylic acid groups (broad SMARTS) is 1. The quantitative estimate of drug-likeness (QED) is 0.371. The Morgan fingerprint density at radius 2 is 1.76 bits per heavy atom. The predicted molar refractivity (Wildman–Crippen MR) is 131 cm³/mol. The van der Waals surface area contributed by atoms with Crippen molar-refractivity contribution < 1.29 is 32.6 Å². The topological polar surface area (TPSA) is 81.4 Å². The van der Waals surface area contributed by atoms with Gasteiger partial charge < -0.3 is 14.4 Å². The minimum absolute atomic E-state index is 0.163. The van der Waals surface area contributed by atoms with Crippen LogP contribution in [0.25, 0.3) is 6.08 Å². The van der Waals surface area contributed by atoms with Gasteiger partial charge in [0.15, 0.2) is 11.9 Å². The summed E-state index contributed by atoms with van der Waals surface area (Å²) in [6, 6.07) is 11.7. The van der Waals surface area contributed by atoms with E-state index in [-0.39, 0.29) is 18.0 Å². The summed E-state index contributed by atoms with van der Waals surface area (Å²) < 4.78 is 45.9. The molecule has 9 heteroatoms. The third-order valence-electron chi connectivity index (χ3n) is 6.34. The number of hydrogen-bond acceptors (Lipinski definition) is 4. The lowest BCUT2D eigenvalue weighted by molar-refractivity contribution is -0.149. The van der Waals surface area contributed by atoms with Crippen molar-refractivity contribution in [3.05, 3.63) is 94.1 Å². The van der Waals surface area contributed by atoms with Crippen LogP contribution in [0.3, 0.4) is 0 Å². The highest BCUT2D eigenvalue weighted by molar-refractivity contribution is 6.06. The van der Waals surface area contributed by atoms with Crippen LogP contribution in [0.1, 0.15) is 64.0 Å². The Bertz CT molecular complexity index is 1290. The average Bonchev–Trinajstić information content (AvgIpc) is 3.25. The first-order valence-electron chi connectivity index (χ1n) is 12.0. The summed E-state index contributed by atoms with van der Waals surface area (Å²) in [5, 5.41) is 8.91. The summed E-state index contributed by atoms with van der Waals surface area (Å²) in [7, 11) is 0.